The van der Waals surface area contributed by atoms with Crippen LogP contribution in [0.15, 0.2) is 42.6 Å². The normalized spacial score (nSPS) is 23.2. The molecule has 2 fully saturated rings. The van der Waals surface area contributed by atoms with Gasteiger partial charge in [-0.25, -0.2) is 13.6 Å². The van der Waals surface area contributed by atoms with Gasteiger partial charge in [0, 0.05) is 53.9 Å². The van der Waals surface area contributed by atoms with Crippen LogP contribution in [-0.4, -0.2) is 65.1 Å². The summed E-state index contributed by atoms with van der Waals surface area (Å²) in [4.78, 5) is 19.2. The zero-order valence-corrected chi connectivity index (χ0v) is 20.1. The zero-order chi connectivity index (χ0) is 24.7. The number of ether oxygens (including phenoxy) is 1. The average molecular weight is 484 g/mol. The van der Waals surface area contributed by atoms with Crippen molar-refractivity contribution in [1.82, 2.24) is 14.8 Å². The molecule has 0 spiro atoms. The van der Waals surface area contributed by atoms with Gasteiger partial charge in [0.2, 0.25) is 0 Å². The van der Waals surface area contributed by atoms with E-state index in [9.17, 15) is 18.7 Å². The third kappa shape index (κ3) is 4.19. The topological polar surface area (TPSA) is 68.8 Å². The summed E-state index contributed by atoms with van der Waals surface area (Å²) in [6.07, 6.45) is 1.83. The van der Waals surface area contributed by atoms with E-state index in [1.807, 2.05) is 23.2 Å². The predicted octanol–water partition coefficient (Wildman–Crippen LogP) is 5.01. The highest BCUT2D eigenvalue weighted by Gasteiger charge is 2.48. The van der Waals surface area contributed by atoms with E-state index in [1.54, 1.807) is 19.2 Å². The third-order valence-electron chi connectivity index (χ3n) is 7.96. The number of piperidine rings is 2. The molecule has 0 unspecified atom stereocenters. The first kappa shape index (κ1) is 23.8. The summed E-state index contributed by atoms with van der Waals surface area (Å²) in [6, 6.07) is 11.3. The van der Waals surface area contributed by atoms with Gasteiger partial charge >= 0.3 is 5.97 Å². The van der Waals surface area contributed by atoms with E-state index in [-0.39, 0.29) is 23.7 Å². The second-order valence-electron chi connectivity index (χ2n) is 9.76. The summed E-state index contributed by atoms with van der Waals surface area (Å²) in [5.74, 6) is -0.123. The second kappa shape index (κ2) is 9.24. The lowest BCUT2D eigenvalue weighted by Crippen LogP contribution is -2.61. The zero-order valence-electron chi connectivity index (χ0n) is 20.1. The Kier molecular flexibility index (Phi) is 6.27. The number of H-pyrrole nitrogens is 1. The van der Waals surface area contributed by atoms with E-state index in [0.29, 0.717) is 19.5 Å². The lowest BCUT2D eigenvalue weighted by Gasteiger charge is -2.56. The number of methoxy groups -OCH3 is 1. The monoisotopic (exact) mass is 483 g/mol. The number of aryl methyl sites for hydroxylation is 1. The van der Waals surface area contributed by atoms with Gasteiger partial charge in [-0.1, -0.05) is 12.1 Å². The molecule has 8 heteroatoms. The quantitative estimate of drug-likeness (QED) is 0.494. The van der Waals surface area contributed by atoms with Crippen molar-refractivity contribution in [2.45, 2.75) is 50.7 Å². The van der Waals surface area contributed by atoms with Crippen molar-refractivity contribution in [3.05, 3.63) is 64.8 Å². The van der Waals surface area contributed by atoms with Crippen molar-refractivity contribution in [2.24, 2.45) is 0 Å². The van der Waals surface area contributed by atoms with Crippen LogP contribution in [0.25, 0.3) is 10.9 Å². The molecule has 35 heavy (non-hydrogen) atoms. The highest BCUT2D eigenvalue weighted by molar-refractivity contribution is 5.88. The number of aromatic carboxylic acids is 1. The number of hydrogen-bond acceptors (Lipinski definition) is 4. The van der Waals surface area contributed by atoms with Crippen LogP contribution < -0.4 is 4.74 Å². The van der Waals surface area contributed by atoms with Crippen LogP contribution >= 0.6 is 0 Å². The van der Waals surface area contributed by atoms with Crippen LogP contribution in [0.1, 0.15) is 46.3 Å². The Hall–Kier alpha value is -2.97. The third-order valence-corrected chi connectivity index (χ3v) is 7.96. The molecule has 2 aliphatic rings. The molecular formula is C27H31F2N3O3. The van der Waals surface area contributed by atoms with Crippen molar-refractivity contribution in [3.63, 3.8) is 0 Å². The molecule has 2 N–H and O–H groups in total. The maximum absolute atomic E-state index is 13.3. The Bertz CT molecular complexity index is 1230. The fourth-order valence-electron chi connectivity index (χ4n) is 6.21. The van der Waals surface area contributed by atoms with Gasteiger partial charge in [-0.2, -0.15) is 0 Å². The van der Waals surface area contributed by atoms with Crippen LogP contribution in [0, 0.1) is 6.92 Å². The minimum atomic E-state index is -2.35. The van der Waals surface area contributed by atoms with Gasteiger partial charge in [0.05, 0.1) is 19.2 Å². The molecule has 5 rings (SSSR count). The Morgan fingerprint density at radius 1 is 1.26 bits per heavy atom. The Balaban J connectivity index is 1.55. The predicted molar refractivity (Wildman–Crippen MR) is 130 cm³/mol. The second-order valence-corrected chi connectivity index (χ2v) is 9.76. The summed E-state index contributed by atoms with van der Waals surface area (Å²) < 4.78 is 32.3. The van der Waals surface area contributed by atoms with Crippen LogP contribution in [0.5, 0.6) is 5.75 Å². The number of rotatable bonds is 7. The SMILES string of the molecule is COc1cc(C)c2[nH]ccc2c1CN1CC[C@H]2C[C@]1(c1ccc(C(=O)O)cc1)CCN2CC(F)F. The number of alkyl halides is 2. The molecule has 3 heterocycles. The smallest absolute Gasteiger partial charge is 0.335 e. The number of nitrogens with one attached hydrogen (secondary N) is 1. The average Bonchev–Trinajstić information content (AvgIpc) is 3.34. The number of carboxylic acids is 1. The number of carboxylic acid groups (broad SMARTS) is 1. The number of nitrogens with zero attached hydrogens (tertiary/aromatic N) is 2. The number of halogens is 2. The molecule has 6 nitrogen and oxygen atoms in total. The van der Waals surface area contributed by atoms with Gasteiger partial charge in [-0.3, -0.25) is 9.80 Å². The summed E-state index contributed by atoms with van der Waals surface area (Å²) in [5.41, 5.74) is 4.22. The lowest BCUT2D eigenvalue weighted by molar-refractivity contribution is -0.0731. The number of benzene rings is 2. The summed E-state index contributed by atoms with van der Waals surface area (Å²) in [5, 5.41) is 10.5. The largest absolute Gasteiger partial charge is 0.496 e. The van der Waals surface area contributed by atoms with E-state index in [1.165, 1.54) is 0 Å². The fourth-order valence-corrected chi connectivity index (χ4v) is 6.21. The van der Waals surface area contributed by atoms with E-state index in [0.717, 1.165) is 52.7 Å². The fraction of sp³-hybridized carbons (Fsp3) is 0.444. The van der Waals surface area contributed by atoms with Gasteiger partial charge in [0.1, 0.15) is 5.75 Å². The number of likely N-dealkylation sites (tertiary alicyclic amines) is 2. The number of hydrogen-bond donors (Lipinski definition) is 2. The minimum absolute atomic E-state index is 0.0698. The summed E-state index contributed by atoms with van der Waals surface area (Å²) in [7, 11) is 1.69. The Morgan fingerprint density at radius 3 is 2.71 bits per heavy atom. The van der Waals surface area contributed by atoms with Crippen LogP contribution in [-0.2, 0) is 12.1 Å². The molecule has 0 saturated carbocycles. The molecule has 2 bridgehead atoms. The van der Waals surface area contributed by atoms with Gasteiger partial charge in [0.15, 0.2) is 0 Å². The maximum Gasteiger partial charge on any atom is 0.335 e. The molecule has 2 aromatic carbocycles. The molecule has 2 aliphatic heterocycles. The molecule has 1 aromatic heterocycles. The Morgan fingerprint density at radius 2 is 2.03 bits per heavy atom. The van der Waals surface area contributed by atoms with Crippen LogP contribution in [0.4, 0.5) is 8.78 Å². The number of aromatic nitrogens is 1. The van der Waals surface area contributed by atoms with E-state index >= 15 is 0 Å². The summed E-state index contributed by atoms with van der Waals surface area (Å²) in [6.45, 7) is 3.85. The van der Waals surface area contributed by atoms with Crippen molar-refractivity contribution < 1.29 is 23.4 Å². The standard InChI is InChI=1S/C27H31F2N3O3/c1-17-13-23(35-2)22(21-7-10-30-25(17)21)15-32-11-8-20-14-27(32,9-12-31(20)16-24(28)29)19-5-3-18(4-6-19)26(33)34/h3-7,10,13,20,24,30H,8-9,11-12,14-16H2,1-2H3,(H,33,34)/t20-,27-/m0/s1. The molecule has 2 atom stereocenters. The van der Waals surface area contributed by atoms with Gasteiger partial charge in [-0.15, -0.1) is 0 Å². The van der Waals surface area contributed by atoms with Crippen molar-refractivity contribution >= 4 is 16.9 Å². The van der Waals surface area contributed by atoms with Gasteiger partial charge in [-0.05, 0) is 61.6 Å². The first-order chi connectivity index (χ1) is 16.8. The molecule has 0 radical (unpaired) electrons. The number of carbonyl (C=O) groups is 1. The van der Waals surface area contributed by atoms with Gasteiger partial charge < -0.3 is 14.8 Å². The lowest BCUT2D eigenvalue weighted by atomic mass is 9.72. The van der Waals surface area contributed by atoms with Crippen molar-refractivity contribution in [1.29, 1.82) is 0 Å². The molecule has 0 aliphatic carbocycles. The van der Waals surface area contributed by atoms with Crippen molar-refractivity contribution in [3.8, 4) is 5.75 Å². The number of aromatic amines is 1. The van der Waals surface area contributed by atoms with Crippen LogP contribution in [0.2, 0.25) is 0 Å². The molecular weight excluding hydrogens is 452 g/mol. The Labute approximate surface area is 203 Å². The van der Waals surface area contributed by atoms with Crippen molar-refractivity contribution in [2.75, 3.05) is 26.7 Å². The molecule has 2 saturated heterocycles. The maximum atomic E-state index is 13.3. The molecule has 186 valence electrons. The van der Waals surface area contributed by atoms with Crippen LogP contribution in [0.3, 0.4) is 0 Å². The molecule has 0 amide bonds. The van der Waals surface area contributed by atoms with E-state index in [2.05, 4.69) is 28.9 Å². The van der Waals surface area contributed by atoms with E-state index in [4.69, 9.17) is 4.74 Å². The van der Waals surface area contributed by atoms with E-state index < -0.39 is 12.4 Å². The summed E-state index contributed by atoms with van der Waals surface area (Å²) >= 11 is 0. The highest BCUT2D eigenvalue weighted by Crippen LogP contribution is 2.47. The number of fused-ring (bicyclic) bond motifs is 3. The first-order valence-electron chi connectivity index (χ1n) is 12.1. The molecule has 3 aromatic rings. The highest BCUT2D eigenvalue weighted by atomic mass is 19.3. The van der Waals surface area contributed by atoms with Gasteiger partial charge in [0.25, 0.3) is 6.43 Å². The minimum Gasteiger partial charge on any atom is -0.496 e. The first-order valence-corrected chi connectivity index (χ1v) is 12.1.